The average Bonchev–Trinajstić information content (AvgIpc) is 2.96. The van der Waals surface area contributed by atoms with Crippen LogP contribution in [0, 0.1) is 0 Å². The Balaban J connectivity index is 1.48. The van der Waals surface area contributed by atoms with Crippen molar-refractivity contribution in [3.05, 3.63) is 113 Å². The number of anilines is 3. The summed E-state index contributed by atoms with van der Waals surface area (Å²) >= 11 is 7.70. The summed E-state index contributed by atoms with van der Waals surface area (Å²) < 4.78 is 0. The molecule has 4 aromatic rings. The number of amides is 3. The molecule has 1 aliphatic rings. The molecule has 168 valence electrons. The van der Waals surface area contributed by atoms with E-state index in [0.29, 0.717) is 28.5 Å². The Morgan fingerprint density at radius 1 is 0.824 bits per heavy atom. The number of nitrogens with zero attached hydrogens (tertiary/aromatic N) is 1. The summed E-state index contributed by atoms with van der Waals surface area (Å²) in [6, 6.07) is 29.7. The molecule has 1 heterocycles. The Labute approximate surface area is 206 Å². The van der Waals surface area contributed by atoms with Gasteiger partial charge in [-0.05, 0) is 48.0 Å². The van der Waals surface area contributed by atoms with Crippen LogP contribution in [0.4, 0.5) is 21.9 Å². The first-order chi connectivity index (χ1) is 16.6. The van der Waals surface area contributed by atoms with Crippen LogP contribution >= 0.6 is 23.4 Å². The number of nitrogens with one attached hydrogen (secondary N) is 2. The molecule has 34 heavy (non-hydrogen) atoms. The van der Waals surface area contributed by atoms with Crippen LogP contribution < -0.4 is 15.5 Å². The minimum Gasteiger partial charge on any atom is -0.308 e. The van der Waals surface area contributed by atoms with Gasteiger partial charge in [-0.25, -0.2) is 4.79 Å². The fourth-order valence-corrected chi connectivity index (χ4v) is 5.01. The molecule has 0 spiro atoms. The molecule has 0 atom stereocenters. The number of benzene rings is 4. The Morgan fingerprint density at radius 2 is 1.56 bits per heavy atom. The van der Waals surface area contributed by atoms with Gasteiger partial charge in [0.1, 0.15) is 0 Å². The molecule has 2 N–H and O–H groups in total. The zero-order chi connectivity index (χ0) is 23.5. The molecule has 5 nitrogen and oxygen atoms in total. The van der Waals surface area contributed by atoms with Gasteiger partial charge >= 0.3 is 6.03 Å². The first-order valence-electron chi connectivity index (χ1n) is 10.7. The zero-order valence-electron chi connectivity index (χ0n) is 18.0. The fourth-order valence-electron chi connectivity index (χ4n) is 3.77. The van der Waals surface area contributed by atoms with Crippen LogP contribution in [0.1, 0.15) is 15.9 Å². The van der Waals surface area contributed by atoms with Gasteiger partial charge in [-0.1, -0.05) is 78.0 Å². The number of urea groups is 1. The standard InChI is InChI=1S/C27H20ClN3O2S/c28-21-11-5-6-12-22(21)30-27(33)29-19-14-15-25-23(16-19)31(17-18-8-2-1-3-9-18)26(32)20-10-4-7-13-24(20)34-25/h1-16H,17H2,(H2,29,30,33). The maximum atomic E-state index is 13.6. The second-order valence-electron chi connectivity index (χ2n) is 7.72. The minimum atomic E-state index is -0.418. The minimum absolute atomic E-state index is 0.0802. The maximum absolute atomic E-state index is 13.6. The zero-order valence-corrected chi connectivity index (χ0v) is 19.6. The summed E-state index contributed by atoms with van der Waals surface area (Å²) in [5.41, 5.74) is 3.50. The van der Waals surface area contributed by atoms with Crippen LogP contribution in [-0.4, -0.2) is 11.9 Å². The average molecular weight is 486 g/mol. The molecule has 0 bridgehead atoms. The molecule has 0 aromatic heterocycles. The molecule has 1 aliphatic heterocycles. The van der Waals surface area contributed by atoms with Gasteiger partial charge in [0.05, 0.1) is 28.5 Å². The second kappa shape index (κ2) is 9.63. The fraction of sp³-hybridized carbons (Fsp3) is 0.0370. The van der Waals surface area contributed by atoms with Crippen LogP contribution in [0.5, 0.6) is 0 Å². The first kappa shape index (κ1) is 22.1. The van der Waals surface area contributed by atoms with E-state index in [2.05, 4.69) is 10.6 Å². The normalized spacial score (nSPS) is 12.4. The van der Waals surface area contributed by atoms with Crippen molar-refractivity contribution in [3.63, 3.8) is 0 Å². The summed E-state index contributed by atoms with van der Waals surface area (Å²) in [6.07, 6.45) is 0. The predicted molar refractivity (Wildman–Crippen MR) is 138 cm³/mol. The van der Waals surface area contributed by atoms with Crippen molar-refractivity contribution < 1.29 is 9.59 Å². The molecule has 0 saturated carbocycles. The van der Waals surface area contributed by atoms with E-state index >= 15 is 0 Å². The van der Waals surface area contributed by atoms with Gasteiger partial charge in [0.15, 0.2) is 0 Å². The molecule has 5 rings (SSSR count). The summed E-state index contributed by atoms with van der Waals surface area (Å²) in [5, 5.41) is 6.06. The lowest BCUT2D eigenvalue weighted by Crippen LogP contribution is -2.30. The van der Waals surface area contributed by atoms with Gasteiger partial charge < -0.3 is 15.5 Å². The van der Waals surface area contributed by atoms with E-state index in [1.54, 1.807) is 40.9 Å². The number of carbonyl (C=O) groups excluding carboxylic acids is 2. The van der Waals surface area contributed by atoms with E-state index < -0.39 is 6.03 Å². The molecule has 3 amide bonds. The van der Waals surface area contributed by atoms with Gasteiger partial charge in [0.25, 0.3) is 5.91 Å². The Morgan fingerprint density at radius 3 is 2.38 bits per heavy atom. The van der Waals surface area contributed by atoms with Crippen molar-refractivity contribution in [3.8, 4) is 0 Å². The lowest BCUT2D eigenvalue weighted by Gasteiger charge is -2.24. The first-order valence-corrected chi connectivity index (χ1v) is 11.9. The monoisotopic (exact) mass is 485 g/mol. The number of para-hydroxylation sites is 1. The molecule has 0 aliphatic carbocycles. The second-order valence-corrected chi connectivity index (χ2v) is 9.21. The highest BCUT2D eigenvalue weighted by Gasteiger charge is 2.27. The molecular weight excluding hydrogens is 466 g/mol. The summed E-state index contributed by atoms with van der Waals surface area (Å²) in [6.45, 7) is 0.414. The molecule has 0 radical (unpaired) electrons. The number of hydrogen-bond donors (Lipinski definition) is 2. The predicted octanol–water partition coefficient (Wildman–Crippen LogP) is 7.30. The van der Waals surface area contributed by atoms with Crippen LogP contribution in [0.15, 0.2) is 107 Å². The van der Waals surface area contributed by atoms with Gasteiger partial charge in [0, 0.05) is 15.5 Å². The van der Waals surface area contributed by atoms with E-state index in [9.17, 15) is 9.59 Å². The van der Waals surface area contributed by atoms with Gasteiger partial charge in [0.2, 0.25) is 0 Å². The topological polar surface area (TPSA) is 61.4 Å². The van der Waals surface area contributed by atoms with E-state index in [0.717, 1.165) is 21.0 Å². The highest BCUT2D eigenvalue weighted by molar-refractivity contribution is 7.99. The lowest BCUT2D eigenvalue weighted by molar-refractivity contribution is 0.0982. The summed E-state index contributed by atoms with van der Waals surface area (Å²) in [5.74, 6) is -0.0802. The van der Waals surface area contributed by atoms with Gasteiger partial charge in [-0.2, -0.15) is 0 Å². The third-order valence-electron chi connectivity index (χ3n) is 5.40. The van der Waals surface area contributed by atoms with Crippen LogP contribution in [0.2, 0.25) is 5.02 Å². The maximum Gasteiger partial charge on any atom is 0.323 e. The van der Waals surface area contributed by atoms with Gasteiger partial charge in [-0.3, -0.25) is 4.79 Å². The third kappa shape index (κ3) is 4.64. The number of hydrogen-bond acceptors (Lipinski definition) is 3. The van der Waals surface area contributed by atoms with E-state index in [4.69, 9.17) is 11.6 Å². The van der Waals surface area contributed by atoms with E-state index in [1.165, 1.54) is 0 Å². The smallest absolute Gasteiger partial charge is 0.308 e. The highest BCUT2D eigenvalue weighted by atomic mass is 35.5. The largest absolute Gasteiger partial charge is 0.323 e. The van der Waals surface area contributed by atoms with Crippen molar-refractivity contribution >= 4 is 52.4 Å². The number of carbonyl (C=O) groups is 2. The van der Waals surface area contributed by atoms with E-state index in [-0.39, 0.29) is 5.91 Å². The van der Waals surface area contributed by atoms with Crippen molar-refractivity contribution in [2.45, 2.75) is 16.3 Å². The van der Waals surface area contributed by atoms with Crippen molar-refractivity contribution in [1.29, 1.82) is 0 Å². The van der Waals surface area contributed by atoms with Crippen molar-refractivity contribution in [2.24, 2.45) is 0 Å². The summed E-state index contributed by atoms with van der Waals surface area (Å²) in [4.78, 5) is 29.8. The summed E-state index contributed by atoms with van der Waals surface area (Å²) in [7, 11) is 0. The van der Waals surface area contributed by atoms with Crippen molar-refractivity contribution in [1.82, 2.24) is 0 Å². The highest BCUT2D eigenvalue weighted by Crippen LogP contribution is 2.43. The molecule has 4 aromatic carbocycles. The van der Waals surface area contributed by atoms with Crippen LogP contribution in [0.25, 0.3) is 0 Å². The molecule has 7 heteroatoms. The lowest BCUT2D eigenvalue weighted by atomic mass is 10.1. The number of rotatable bonds is 4. The molecule has 0 saturated heterocycles. The Kier molecular flexibility index (Phi) is 6.25. The van der Waals surface area contributed by atoms with Crippen molar-refractivity contribution in [2.75, 3.05) is 15.5 Å². The van der Waals surface area contributed by atoms with Crippen LogP contribution in [0.3, 0.4) is 0 Å². The van der Waals surface area contributed by atoms with Crippen LogP contribution in [-0.2, 0) is 6.54 Å². The SMILES string of the molecule is O=C(Nc1ccc2c(c1)N(Cc1ccccc1)C(=O)c1ccccc1S2)Nc1ccccc1Cl. The molecule has 0 fully saturated rings. The molecular formula is C27H20ClN3O2S. The Bertz CT molecular complexity index is 1380. The quantitative estimate of drug-likeness (QED) is 0.319. The third-order valence-corrected chi connectivity index (χ3v) is 6.87. The number of fused-ring (bicyclic) bond motifs is 2. The molecule has 0 unspecified atom stereocenters. The van der Waals surface area contributed by atoms with E-state index in [1.807, 2.05) is 72.8 Å². The number of halogens is 1. The Hall–Kier alpha value is -3.74. The van der Waals surface area contributed by atoms with Gasteiger partial charge in [-0.15, -0.1) is 0 Å².